The van der Waals surface area contributed by atoms with E-state index in [1.54, 1.807) is 12.1 Å². The Morgan fingerprint density at radius 3 is 2.32 bits per heavy atom. The number of hydrogen-bond acceptors (Lipinski definition) is 3. The van der Waals surface area contributed by atoms with Gasteiger partial charge in [0.25, 0.3) is 0 Å². The first kappa shape index (κ1) is 17.6. The van der Waals surface area contributed by atoms with E-state index in [9.17, 15) is 18.8 Å². The lowest BCUT2D eigenvalue weighted by molar-refractivity contribution is -0.138. The van der Waals surface area contributed by atoms with E-state index in [-0.39, 0.29) is 55.4 Å². The summed E-state index contributed by atoms with van der Waals surface area (Å²) in [6, 6.07) is 6.09. The van der Waals surface area contributed by atoms with Gasteiger partial charge in [-0.15, -0.1) is 0 Å². The summed E-state index contributed by atoms with van der Waals surface area (Å²) in [6.07, 6.45) is 4.91. The first-order valence-electron chi connectivity index (χ1n) is 8.92. The Morgan fingerprint density at radius 1 is 1.12 bits per heavy atom. The summed E-state index contributed by atoms with van der Waals surface area (Å²) in [5.41, 5.74) is 0.898. The van der Waals surface area contributed by atoms with Crippen LogP contribution in [-0.2, 0) is 14.4 Å². The van der Waals surface area contributed by atoms with Crippen molar-refractivity contribution in [1.29, 1.82) is 0 Å². The van der Waals surface area contributed by atoms with Crippen LogP contribution in [0.1, 0.15) is 56.6 Å². The van der Waals surface area contributed by atoms with Gasteiger partial charge in [-0.2, -0.15) is 0 Å². The van der Waals surface area contributed by atoms with Crippen molar-refractivity contribution in [3.63, 3.8) is 0 Å². The highest BCUT2D eigenvalue weighted by Crippen LogP contribution is 2.35. The Labute approximate surface area is 146 Å². The molecule has 0 radical (unpaired) electrons. The smallest absolute Gasteiger partial charge is 0.229 e. The minimum atomic E-state index is -0.300. The molecule has 25 heavy (non-hydrogen) atoms. The van der Waals surface area contributed by atoms with Crippen LogP contribution in [-0.4, -0.2) is 29.2 Å². The van der Waals surface area contributed by atoms with Crippen LogP contribution in [0.15, 0.2) is 24.3 Å². The van der Waals surface area contributed by atoms with Crippen molar-refractivity contribution in [2.75, 3.05) is 6.54 Å². The largest absolute Gasteiger partial charge is 0.349 e. The van der Waals surface area contributed by atoms with E-state index < -0.39 is 0 Å². The fourth-order valence-electron chi connectivity index (χ4n) is 3.77. The third-order valence-corrected chi connectivity index (χ3v) is 5.13. The molecule has 1 aliphatic heterocycles. The highest BCUT2D eigenvalue weighted by Gasteiger charge is 2.30. The third kappa shape index (κ3) is 4.24. The Balaban J connectivity index is 1.63. The lowest BCUT2D eigenvalue weighted by atomic mass is 9.91. The number of nitrogens with zero attached hydrogens (tertiary/aromatic N) is 1. The van der Waals surface area contributed by atoms with E-state index in [1.165, 1.54) is 17.0 Å². The Hall–Kier alpha value is -2.24. The summed E-state index contributed by atoms with van der Waals surface area (Å²) in [7, 11) is 0. The summed E-state index contributed by atoms with van der Waals surface area (Å²) in [4.78, 5) is 36.8. The van der Waals surface area contributed by atoms with Crippen LogP contribution in [0, 0.1) is 11.7 Å². The standard InChI is InChI=1S/C19H23FN2O3/c20-15-7-5-14(6-8-15)19(13-3-1-2-4-13)21-16(23)11-12-22-17(24)9-10-18(22)25/h5-8,13,19H,1-4,9-12H2,(H,21,23). The average Bonchev–Trinajstić information content (AvgIpc) is 3.23. The second-order valence-corrected chi connectivity index (χ2v) is 6.83. The predicted octanol–water partition coefficient (Wildman–Crippen LogP) is 2.71. The van der Waals surface area contributed by atoms with Crippen LogP contribution < -0.4 is 5.32 Å². The van der Waals surface area contributed by atoms with E-state index in [1.807, 2.05) is 0 Å². The Kier molecular flexibility index (Phi) is 5.46. The maximum absolute atomic E-state index is 13.2. The normalized spacial score (nSPS) is 19.5. The molecule has 0 spiro atoms. The van der Waals surface area contributed by atoms with E-state index in [0.29, 0.717) is 5.92 Å². The molecular formula is C19H23FN2O3. The zero-order valence-electron chi connectivity index (χ0n) is 14.2. The van der Waals surface area contributed by atoms with Crippen molar-refractivity contribution in [3.8, 4) is 0 Å². The lowest BCUT2D eigenvalue weighted by Gasteiger charge is -2.26. The van der Waals surface area contributed by atoms with Gasteiger partial charge in [-0.05, 0) is 36.5 Å². The molecule has 1 N–H and O–H groups in total. The molecular weight excluding hydrogens is 323 g/mol. The van der Waals surface area contributed by atoms with Crippen LogP contribution in [0.2, 0.25) is 0 Å². The quantitative estimate of drug-likeness (QED) is 0.806. The second kappa shape index (κ2) is 7.76. The van der Waals surface area contributed by atoms with Gasteiger partial charge in [0.05, 0.1) is 6.04 Å². The number of carbonyl (C=O) groups excluding carboxylic acids is 3. The summed E-state index contributed by atoms with van der Waals surface area (Å²) >= 11 is 0. The van der Waals surface area contributed by atoms with Gasteiger partial charge in [0.1, 0.15) is 5.82 Å². The Bertz CT molecular complexity index is 637. The van der Waals surface area contributed by atoms with Crippen LogP contribution >= 0.6 is 0 Å². The molecule has 1 aliphatic carbocycles. The van der Waals surface area contributed by atoms with Gasteiger partial charge in [-0.25, -0.2) is 4.39 Å². The van der Waals surface area contributed by atoms with Crippen molar-refractivity contribution in [3.05, 3.63) is 35.6 Å². The molecule has 134 valence electrons. The van der Waals surface area contributed by atoms with Crippen molar-refractivity contribution in [2.45, 2.75) is 51.0 Å². The molecule has 5 nitrogen and oxygen atoms in total. The van der Waals surface area contributed by atoms with Gasteiger partial charge in [0.15, 0.2) is 0 Å². The van der Waals surface area contributed by atoms with E-state index >= 15 is 0 Å². The number of likely N-dealkylation sites (tertiary alicyclic amines) is 1. The first-order chi connectivity index (χ1) is 12.0. The minimum absolute atomic E-state index is 0.0991. The molecule has 1 saturated heterocycles. The maximum atomic E-state index is 13.2. The summed E-state index contributed by atoms with van der Waals surface area (Å²) in [6.45, 7) is 0.129. The zero-order valence-corrected chi connectivity index (χ0v) is 14.2. The highest BCUT2D eigenvalue weighted by molar-refractivity contribution is 6.02. The fraction of sp³-hybridized carbons (Fsp3) is 0.526. The SMILES string of the molecule is O=C(CCN1C(=O)CCC1=O)NC(c1ccc(F)cc1)C1CCCC1. The summed E-state index contributed by atoms with van der Waals surface area (Å²) in [5.74, 6) is -0.558. The van der Waals surface area contributed by atoms with Crippen LogP contribution in [0.25, 0.3) is 0 Å². The maximum Gasteiger partial charge on any atom is 0.229 e. The molecule has 2 aliphatic rings. The molecule has 0 bridgehead atoms. The molecule has 1 saturated carbocycles. The molecule has 3 rings (SSSR count). The van der Waals surface area contributed by atoms with E-state index in [2.05, 4.69) is 5.32 Å². The van der Waals surface area contributed by atoms with Crippen LogP contribution in [0.5, 0.6) is 0 Å². The summed E-state index contributed by atoms with van der Waals surface area (Å²) < 4.78 is 13.2. The number of rotatable bonds is 6. The zero-order chi connectivity index (χ0) is 17.8. The van der Waals surface area contributed by atoms with Crippen LogP contribution in [0.4, 0.5) is 4.39 Å². The number of nitrogens with one attached hydrogen (secondary N) is 1. The van der Waals surface area contributed by atoms with Crippen molar-refractivity contribution < 1.29 is 18.8 Å². The molecule has 1 aromatic rings. The van der Waals surface area contributed by atoms with Gasteiger partial charge < -0.3 is 5.32 Å². The monoisotopic (exact) mass is 346 g/mol. The fourth-order valence-corrected chi connectivity index (χ4v) is 3.77. The number of hydrogen-bond donors (Lipinski definition) is 1. The van der Waals surface area contributed by atoms with Gasteiger partial charge in [-0.3, -0.25) is 19.3 Å². The predicted molar refractivity (Wildman–Crippen MR) is 89.8 cm³/mol. The third-order valence-electron chi connectivity index (χ3n) is 5.13. The van der Waals surface area contributed by atoms with Gasteiger partial charge >= 0.3 is 0 Å². The van der Waals surface area contributed by atoms with E-state index in [0.717, 1.165) is 31.2 Å². The molecule has 1 aromatic carbocycles. The minimum Gasteiger partial charge on any atom is -0.349 e. The molecule has 1 heterocycles. The number of imide groups is 1. The lowest BCUT2D eigenvalue weighted by Crippen LogP contribution is -2.37. The van der Waals surface area contributed by atoms with Crippen molar-refractivity contribution >= 4 is 17.7 Å². The number of amides is 3. The second-order valence-electron chi connectivity index (χ2n) is 6.83. The number of benzene rings is 1. The summed E-state index contributed by atoms with van der Waals surface area (Å²) in [5, 5.41) is 3.04. The van der Waals surface area contributed by atoms with Gasteiger partial charge in [-0.1, -0.05) is 25.0 Å². The van der Waals surface area contributed by atoms with Gasteiger partial charge in [0, 0.05) is 25.8 Å². The molecule has 3 amide bonds. The molecule has 1 unspecified atom stereocenters. The molecule has 6 heteroatoms. The Morgan fingerprint density at radius 2 is 1.72 bits per heavy atom. The average molecular weight is 346 g/mol. The first-order valence-corrected chi connectivity index (χ1v) is 8.92. The van der Waals surface area contributed by atoms with Gasteiger partial charge in [0.2, 0.25) is 17.7 Å². The molecule has 0 aromatic heterocycles. The van der Waals surface area contributed by atoms with Crippen LogP contribution in [0.3, 0.4) is 0 Å². The highest BCUT2D eigenvalue weighted by atomic mass is 19.1. The molecule has 2 fully saturated rings. The van der Waals surface area contributed by atoms with Crippen molar-refractivity contribution in [1.82, 2.24) is 10.2 Å². The molecule has 1 atom stereocenters. The van der Waals surface area contributed by atoms with E-state index in [4.69, 9.17) is 0 Å². The number of halogens is 1. The van der Waals surface area contributed by atoms with Crippen molar-refractivity contribution in [2.24, 2.45) is 5.92 Å². The number of carbonyl (C=O) groups is 3. The topological polar surface area (TPSA) is 66.5 Å².